The Bertz CT molecular complexity index is 718. The van der Waals surface area contributed by atoms with Gasteiger partial charge in [0.25, 0.3) is 0 Å². The van der Waals surface area contributed by atoms with Gasteiger partial charge < -0.3 is 9.30 Å². The predicted octanol–water partition coefficient (Wildman–Crippen LogP) is 2.52. The van der Waals surface area contributed by atoms with E-state index >= 15 is 0 Å². The molecule has 0 radical (unpaired) electrons. The Morgan fingerprint density at radius 1 is 1.48 bits per heavy atom. The monoisotopic (exact) mass is 319 g/mol. The third kappa shape index (κ3) is 3.69. The molecule has 6 nitrogen and oxygen atoms in total. The van der Waals surface area contributed by atoms with Gasteiger partial charge in [-0.25, -0.2) is 4.98 Å². The summed E-state index contributed by atoms with van der Waals surface area (Å²) in [5.41, 5.74) is 0.920. The number of nitrogens with zero attached hydrogens (tertiary/aromatic N) is 3. The van der Waals surface area contributed by atoms with Crippen molar-refractivity contribution in [3.63, 3.8) is 0 Å². The summed E-state index contributed by atoms with van der Waals surface area (Å²) in [6.45, 7) is 6.14. The summed E-state index contributed by atoms with van der Waals surface area (Å²) in [6, 6.07) is 2.56. The number of imidazole rings is 1. The molecule has 0 saturated heterocycles. The molecule has 1 heterocycles. The van der Waals surface area contributed by atoms with Crippen LogP contribution in [0.1, 0.15) is 25.5 Å². The molecule has 0 saturated carbocycles. The second kappa shape index (κ2) is 7.26. The van der Waals surface area contributed by atoms with E-state index in [0.717, 1.165) is 18.9 Å². The Morgan fingerprint density at radius 3 is 2.83 bits per heavy atom. The molecule has 2 aromatic rings. The van der Waals surface area contributed by atoms with Crippen LogP contribution >= 0.6 is 0 Å². The van der Waals surface area contributed by atoms with E-state index < -0.39 is 16.4 Å². The Hall–Kier alpha value is -2.38. The van der Waals surface area contributed by atoms with Crippen LogP contribution in [0.3, 0.4) is 0 Å². The van der Waals surface area contributed by atoms with Crippen LogP contribution in [0, 0.1) is 22.9 Å². The van der Waals surface area contributed by atoms with Crippen molar-refractivity contribution in [1.82, 2.24) is 9.55 Å². The van der Waals surface area contributed by atoms with Crippen LogP contribution in [0.25, 0.3) is 5.69 Å². The highest BCUT2D eigenvalue weighted by Gasteiger charge is 2.25. The van der Waals surface area contributed by atoms with Gasteiger partial charge in [0.15, 0.2) is 0 Å². The van der Waals surface area contributed by atoms with Crippen molar-refractivity contribution in [1.29, 1.82) is 0 Å². The topological polar surface area (TPSA) is 70.2 Å². The van der Waals surface area contributed by atoms with Crippen LogP contribution in [0.5, 0.6) is 5.75 Å². The van der Waals surface area contributed by atoms with Crippen molar-refractivity contribution in [2.75, 3.05) is 6.61 Å². The molecule has 1 aromatic heterocycles. The molecule has 1 aromatic carbocycles. The van der Waals surface area contributed by atoms with Gasteiger partial charge in [-0.1, -0.05) is 20.2 Å². The fourth-order valence-corrected chi connectivity index (χ4v) is 2.35. The molecule has 0 aliphatic carbocycles. The fourth-order valence-electron chi connectivity index (χ4n) is 2.35. The summed E-state index contributed by atoms with van der Waals surface area (Å²) in [4.78, 5) is 14.9. The van der Waals surface area contributed by atoms with Gasteiger partial charge in [0.05, 0.1) is 22.9 Å². The zero-order valence-corrected chi connectivity index (χ0v) is 13.5. The number of benzene rings is 1. The van der Waals surface area contributed by atoms with E-state index in [1.165, 1.54) is 6.07 Å². The number of hydrogen-bond donors (Lipinski definition) is 0. The number of nitro benzene ring substituents is 1. The van der Waals surface area contributed by atoms with Crippen LogP contribution in [-0.2, 0) is 0 Å². The molecule has 8 heteroatoms. The van der Waals surface area contributed by atoms with Crippen LogP contribution in [0.2, 0.25) is 6.82 Å². The number of aryl methyl sites for hydroxylation is 1. The van der Waals surface area contributed by atoms with E-state index in [4.69, 9.17) is 4.74 Å². The standard InChI is InChI=1S/C15H19BFN3O3/c1-4-5-6-23-11-7-12(17)14(20(21)22)13(8-11)19-9-10(2)18-15(19)16-3/h7-9,16H,4-6H2,1-3H3. The van der Waals surface area contributed by atoms with Gasteiger partial charge >= 0.3 is 5.69 Å². The second-order valence-electron chi connectivity index (χ2n) is 5.25. The van der Waals surface area contributed by atoms with Crippen molar-refractivity contribution >= 4 is 18.7 Å². The van der Waals surface area contributed by atoms with E-state index in [-0.39, 0.29) is 11.4 Å². The van der Waals surface area contributed by atoms with Gasteiger partial charge in [0.1, 0.15) is 11.4 Å². The highest BCUT2D eigenvalue weighted by molar-refractivity contribution is 6.50. The Labute approximate surface area is 134 Å². The lowest BCUT2D eigenvalue weighted by Gasteiger charge is -2.11. The zero-order chi connectivity index (χ0) is 17.0. The first kappa shape index (κ1) is 17.0. The number of unbranched alkanes of at least 4 members (excludes halogenated alkanes) is 1. The first-order valence-electron chi connectivity index (χ1n) is 7.63. The third-order valence-corrected chi connectivity index (χ3v) is 3.44. The van der Waals surface area contributed by atoms with Crippen LogP contribution in [-0.4, -0.2) is 28.4 Å². The summed E-state index contributed by atoms with van der Waals surface area (Å²) < 4.78 is 21.3. The molecule has 122 valence electrons. The van der Waals surface area contributed by atoms with Crippen LogP contribution in [0.15, 0.2) is 18.3 Å². The highest BCUT2D eigenvalue weighted by Crippen LogP contribution is 2.31. The summed E-state index contributed by atoms with van der Waals surface area (Å²) >= 11 is 0. The summed E-state index contributed by atoms with van der Waals surface area (Å²) in [7, 11) is 0.577. The predicted molar refractivity (Wildman–Crippen MR) is 88.0 cm³/mol. The molecule has 23 heavy (non-hydrogen) atoms. The molecular formula is C15H19BFN3O3. The average Bonchev–Trinajstić information content (AvgIpc) is 2.87. The lowest BCUT2D eigenvalue weighted by Crippen LogP contribution is -2.24. The SMILES string of the molecule is CBc1nc(C)cn1-c1cc(OCCCC)cc(F)c1[N+](=O)[O-]. The highest BCUT2D eigenvalue weighted by atomic mass is 19.1. The normalized spacial score (nSPS) is 10.6. The largest absolute Gasteiger partial charge is 0.493 e. The molecule has 0 fully saturated rings. The van der Waals surface area contributed by atoms with Crippen molar-refractivity contribution in [3.8, 4) is 11.4 Å². The lowest BCUT2D eigenvalue weighted by molar-refractivity contribution is -0.387. The number of rotatable bonds is 7. The van der Waals surface area contributed by atoms with E-state index in [1.54, 1.807) is 17.7 Å². The first-order valence-corrected chi connectivity index (χ1v) is 7.63. The molecule has 0 N–H and O–H groups in total. The zero-order valence-electron chi connectivity index (χ0n) is 13.5. The van der Waals surface area contributed by atoms with Crippen molar-refractivity contribution < 1.29 is 14.1 Å². The van der Waals surface area contributed by atoms with Gasteiger partial charge in [-0.15, -0.1) is 0 Å². The molecule has 2 rings (SSSR count). The number of ether oxygens (including phenoxy) is 1. The molecule has 0 aliphatic heterocycles. The Kier molecular flexibility index (Phi) is 5.36. The van der Waals surface area contributed by atoms with E-state index in [2.05, 4.69) is 4.98 Å². The molecule has 0 bridgehead atoms. The third-order valence-electron chi connectivity index (χ3n) is 3.44. The smallest absolute Gasteiger partial charge is 0.328 e. The van der Waals surface area contributed by atoms with E-state index in [1.807, 2.05) is 13.7 Å². The second-order valence-corrected chi connectivity index (χ2v) is 5.25. The van der Waals surface area contributed by atoms with Crippen LogP contribution in [0.4, 0.5) is 10.1 Å². The minimum Gasteiger partial charge on any atom is -0.493 e. The van der Waals surface area contributed by atoms with E-state index in [9.17, 15) is 14.5 Å². The van der Waals surface area contributed by atoms with Gasteiger partial charge in [0, 0.05) is 18.3 Å². The molecule has 0 spiro atoms. The molecular weight excluding hydrogens is 300 g/mol. The van der Waals surface area contributed by atoms with Crippen LogP contribution < -0.4 is 10.5 Å². The van der Waals surface area contributed by atoms with Crippen molar-refractivity contribution in [3.05, 3.63) is 40.0 Å². The Morgan fingerprint density at radius 2 is 2.22 bits per heavy atom. The lowest BCUT2D eigenvalue weighted by atomic mass is 9.81. The minimum atomic E-state index is -0.910. The van der Waals surface area contributed by atoms with Gasteiger partial charge in [-0.05, 0) is 13.3 Å². The number of nitro groups is 1. The maximum absolute atomic E-state index is 14.2. The molecule has 0 aliphatic rings. The number of hydrogen-bond acceptors (Lipinski definition) is 4. The van der Waals surface area contributed by atoms with Crippen molar-refractivity contribution in [2.45, 2.75) is 33.5 Å². The van der Waals surface area contributed by atoms with Crippen molar-refractivity contribution in [2.24, 2.45) is 0 Å². The molecule has 0 amide bonds. The maximum atomic E-state index is 14.2. The van der Waals surface area contributed by atoms with Gasteiger partial charge in [-0.3, -0.25) is 10.1 Å². The maximum Gasteiger partial charge on any atom is 0.328 e. The minimum absolute atomic E-state index is 0.138. The average molecular weight is 319 g/mol. The molecule has 0 atom stereocenters. The van der Waals surface area contributed by atoms with E-state index in [0.29, 0.717) is 25.3 Å². The quantitative estimate of drug-likeness (QED) is 0.340. The summed E-state index contributed by atoms with van der Waals surface area (Å²) in [5.74, 6) is -0.627. The summed E-state index contributed by atoms with van der Waals surface area (Å²) in [5, 5.41) is 11.3. The number of aromatic nitrogens is 2. The molecule has 0 unspecified atom stereocenters. The fraction of sp³-hybridized carbons (Fsp3) is 0.400. The number of halogens is 1. The summed E-state index contributed by atoms with van der Waals surface area (Å²) in [6.07, 6.45) is 3.44. The first-order chi connectivity index (χ1) is 11.0. The van der Waals surface area contributed by atoms with Gasteiger partial charge in [0.2, 0.25) is 13.1 Å². The Balaban J connectivity index is 2.55. The van der Waals surface area contributed by atoms with Gasteiger partial charge in [-0.2, -0.15) is 4.39 Å².